The quantitative estimate of drug-likeness (QED) is 0.794. The second-order valence-electron chi connectivity index (χ2n) is 4.10. The normalized spacial score (nSPS) is 12.0. The van der Waals surface area contributed by atoms with Crippen LogP contribution in [-0.2, 0) is 4.79 Å². The van der Waals surface area contributed by atoms with E-state index in [0.717, 1.165) is 16.8 Å². The highest BCUT2D eigenvalue weighted by atomic mass is 19.4. The number of carbonyl (C=O) groups is 1. The molecular formula is C15H11F3O2. The molecule has 0 aliphatic heterocycles. The maximum atomic E-state index is 12.2. The van der Waals surface area contributed by atoms with Gasteiger partial charge in [-0.2, -0.15) is 13.2 Å². The van der Waals surface area contributed by atoms with Crippen LogP contribution in [-0.4, -0.2) is 19.1 Å². The summed E-state index contributed by atoms with van der Waals surface area (Å²) in [6, 6.07) is 10.4. The van der Waals surface area contributed by atoms with E-state index in [1.54, 1.807) is 36.4 Å². The second-order valence-corrected chi connectivity index (χ2v) is 4.10. The monoisotopic (exact) mass is 280 g/mol. The molecule has 0 unspecified atom stereocenters. The third-order valence-electron chi connectivity index (χ3n) is 2.83. The van der Waals surface area contributed by atoms with Gasteiger partial charge in [0.05, 0.1) is 7.11 Å². The Kier molecular flexibility index (Phi) is 3.79. The summed E-state index contributed by atoms with van der Waals surface area (Å²) >= 11 is 0. The first-order chi connectivity index (χ1) is 9.43. The van der Waals surface area contributed by atoms with Crippen LogP contribution in [0.1, 0.15) is 5.56 Å². The predicted molar refractivity (Wildman–Crippen MR) is 70.6 cm³/mol. The number of carbonyl (C=O) groups excluding carboxylic acids is 1. The van der Waals surface area contributed by atoms with Crippen molar-refractivity contribution < 1.29 is 22.7 Å². The summed E-state index contributed by atoms with van der Waals surface area (Å²) in [7, 11) is 1.52. The van der Waals surface area contributed by atoms with Gasteiger partial charge < -0.3 is 4.74 Å². The Hall–Kier alpha value is -2.30. The number of alkyl halides is 3. The average Bonchev–Trinajstić information content (AvgIpc) is 2.43. The first-order valence-electron chi connectivity index (χ1n) is 5.78. The zero-order valence-electron chi connectivity index (χ0n) is 10.6. The van der Waals surface area contributed by atoms with Crippen LogP contribution < -0.4 is 4.74 Å². The van der Waals surface area contributed by atoms with Gasteiger partial charge in [-0.05, 0) is 23.1 Å². The Morgan fingerprint density at radius 2 is 1.75 bits per heavy atom. The van der Waals surface area contributed by atoms with E-state index in [-0.39, 0.29) is 0 Å². The number of allylic oxidation sites excluding steroid dienone is 1. The smallest absolute Gasteiger partial charge is 0.454 e. The Morgan fingerprint density at radius 3 is 2.35 bits per heavy atom. The fourth-order valence-electron chi connectivity index (χ4n) is 1.88. The molecule has 0 bridgehead atoms. The van der Waals surface area contributed by atoms with E-state index in [1.807, 2.05) is 0 Å². The molecule has 0 aliphatic carbocycles. The number of halogens is 3. The molecule has 5 heteroatoms. The van der Waals surface area contributed by atoms with Crippen LogP contribution >= 0.6 is 0 Å². The molecule has 104 valence electrons. The minimum atomic E-state index is -4.85. The van der Waals surface area contributed by atoms with E-state index in [4.69, 9.17) is 4.74 Å². The van der Waals surface area contributed by atoms with Crippen molar-refractivity contribution in [2.24, 2.45) is 0 Å². The lowest BCUT2D eigenvalue weighted by molar-refractivity contribution is -0.165. The number of ether oxygens (including phenoxy) is 1. The van der Waals surface area contributed by atoms with Crippen molar-refractivity contribution in [3.8, 4) is 5.75 Å². The van der Waals surface area contributed by atoms with Crippen molar-refractivity contribution in [3.05, 3.63) is 48.0 Å². The van der Waals surface area contributed by atoms with Crippen LogP contribution in [0.25, 0.3) is 16.8 Å². The SMILES string of the molecule is COc1ccc(/C=C/C(=O)C(F)(F)F)c2ccccc12. The fraction of sp³-hybridized carbons (Fsp3) is 0.133. The third-order valence-corrected chi connectivity index (χ3v) is 2.83. The molecule has 0 N–H and O–H groups in total. The summed E-state index contributed by atoms with van der Waals surface area (Å²) < 4.78 is 41.7. The molecule has 2 aromatic rings. The maximum absolute atomic E-state index is 12.2. The van der Waals surface area contributed by atoms with E-state index < -0.39 is 12.0 Å². The summed E-state index contributed by atoms with van der Waals surface area (Å²) in [5.74, 6) is -1.25. The summed E-state index contributed by atoms with van der Waals surface area (Å²) in [6.07, 6.45) is -3.15. The van der Waals surface area contributed by atoms with Crippen LogP contribution in [0.2, 0.25) is 0 Å². The molecule has 2 aromatic carbocycles. The number of fused-ring (bicyclic) bond motifs is 1. The molecule has 0 saturated carbocycles. The van der Waals surface area contributed by atoms with E-state index >= 15 is 0 Å². The van der Waals surface area contributed by atoms with E-state index in [0.29, 0.717) is 17.4 Å². The van der Waals surface area contributed by atoms with Crippen molar-refractivity contribution in [1.82, 2.24) is 0 Å². The van der Waals surface area contributed by atoms with Gasteiger partial charge >= 0.3 is 6.18 Å². The van der Waals surface area contributed by atoms with Crippen LogP contribution in [0.3, 0.4) is 0 Å². The first-order valence-corrected chi connectivity index (χ1v) is 5.78. The van der Waals surface area contributed by atoms with Gasteiger partial charge in [0.15, 0.2) is 0 Å². The fourth-order valence-corrected chi connectivity index (χ4v) is 1.88. The Labute approximate surface area is 113 Å². The van der Waals surface area contributed by atoms with Crippen LogP contribution in [0.4, 0.5) is 13.2 Å². The number of hydrogen-bond acceptors (Lipinski definition) is 2. The van der Waals surface area contributed by atoms with Gasteiger partial charge in [-0.25, -0.2) is 0 Å². The standard InChI is InChI=1S/C15H11F3O2/c1-20-13-8-6-10(7-9-14(19)15(16,17)18)11-4-2-3-5-12(11)13/h2-9H,1H3/b9-7+. The molecule has 2 rings (SSSR count). The third kappa shape index (κ3) is 2.82. The Bertz CT molecular complexity index is 672. The minimum Gasteiger partial charge on any atom is -0.496 e. The van der Waals surface area contributed by atoms with Gasteiger partial charge in [-0.1, -0.05) is 36.4 Å². The predicted octanol–water partition coefficient (Wildman–Crippen LogP) is 3.99. The van der Waals surface area contributed by atoms with Crippen molar-refractivity contribution in [3.63, 3.8) is 0 Å². The summed E-state index contributed by atoms with van der Waals surface area (Å²) in [4.78, 5) is 10.9. The van der Waals surface area contributed by atoms with Crippen LogP contribution in [0, 0.1) is 0 Å². The number of methoxy groups -OCH3 is 1. The number of rotatable bonds is 3. The first kappa shape index (κ1) is 14.1. The van der Waals surface area contributed by atoms with Gasteiger partial charge in [-0.15, -0.1) is 0 Å². The van der Waals surface area contributed by atoms with Crippen molar-refractivity contribution in [1.29, 1.82) is 0 Å². The van der Waals surface area contributed by atoms with Gasteiger partial charge in [0.25, 0.3) is 5.78 Å². The van der Waals surface area contributed by atoms with E-state index in [2.05, 4.69) is 0 Å². The Balaban J connectivity index is 2.46. The zero-order chi connectivity index (χ0) is 14.8. The molecule has 0 fully saturated rings. The molecule has 0 atom stereocenters. The lowest BCUT2D eigenvalue weighted by atomic mass is 10.0. The topological polar surface area (TPSA) is 26.3 Å². The molecule has 0 amide bonds. The molecule has 0 heterocycles. The molecule has 0 aromatic heterocycles. The van der Waals surface area contributed by atoms with Crippen LogP contribution in [0.15, 0.2) is 42.5 Å². The summed E-state index contributed by atoms with van der Waals surface area (Å²) in [6.45, 7) is 0. The van der Waals surface area contributed by atoms with Crippen molar-refractivity contribution >= 4 is 22.6 Å². The summed E-state index contributed by atoms with van der Waals surface area (Å²) in [5, 5.41) is 1.50. The minimum absolute atomic E-state index is 0.527. The highest BCUT2D eigenvalue weighted by Crippen LogP contribution is 2.29. The van der Waals surface area contributed by atoms with E-state index in [9.17, 15) is 18.0 Å². The Morgan fingerprint density at radius 1 is 1.10 bits per heavy atom. The largest absolute Gasteiger partial charge is 0.496 e. The number of ketones is 1. The highest BCUT2D eigenvalue weighted by Gasteiger charge is 2.35. The van der Waals surface area contributed by atoms with Gasteiger partial charge in [0.1, 0.15) is 5.75 Å². The lowest BCUT2D eigenvalue weighted by Crippen LogP contribution is -2.19. The van der Waals surface area contributed by atoms with Crippen molar-refractivity contribution in [2.75, 3.05) is 7.11 Å². The molecule has 20 heavy (non-hydrogen) atoms. The molecular weight excluding hydrogens is 269 g/mol. The number of hydrogen-bond donors (Lipinski definition) is 0. The zero-order valence-corrected chi connectivity index (χ0v) is 10.6. The van der Waals surface area contributed by atoms with Gasteiger partial charge in [0.2, 0.25) is 0 Å². The molecule has 0 spiro atoms. The summed E-state index contributed by atoms with van der Waals surface area (Å²) in [5.41, 5.74) is 0.527. The molecule has 0 saturated heterocycles. The molecule has 2 nitrogen and oxygen atoms in total. The lowest BCUT2D eigenvalue weighted by Gasteiger charge is -2.08. The second kappa shape index (κ2) is 5.36. The van der Waals surface area contributed by atoms with Crippen LogP contribution in [0.5, 0.6) is 5.75 Å². The van der Waals surface area contributed by atoms with E-state index in [1.165, 1.54) is 7.11 Å². The average molecular weight is 280 g/mol. The molecule has 0 aliphatic rings. The van der Waals surface area contributed by atoms with Gasteiger partial charge in [-0.3, -0.25) is 4.79 Å². The molecule has 0 radical (unpaired) electrons. The number of benzene rings is 2. The van der Waals surface area contributed by atoms with Crippen molar-refractivity contribution in [2.45, 2.75) is 6.18 Å². The maximum Gasteiger partial charge on any atom is 0.454 e. The highest BCUT2D eigenvalue weighted by molar-refractivity contribution is 6.01. The van der Waals surface area contributed by atoms with Gasteiger partial charge in [0, 0.05) is 5.39 Å².